The monoisotopic (exact) mass is 406 g/mol. The van der Waals surface area contributed by atoms with Crippen molar-refractivity contribution in [1.82, 2.24) is 4.98 Å². The SMILES string of the molecule is CCOC(=O)Nc1ccc2c(COC(=O)c3c[nH]c4ccccc34)cc(=O)oc2c1. The molecule has 0 aliphatic rings. The van der Waals surface area contributed by atoms with Gasteiger partial charge in [0, 0.05) is 45.9 Å². The van der Waals surface area contributed by atoms with E-state index in [1.807, 2.05) is 24.3 Å². The van der Waals surface area contributed by atoms with E-state index in [0.717, 1.165) is 10.9 Å². The number of benzene rings is 2. The van der Waals surface area contributed by atoms with Crippen LogP contribution in [0, 0.1) is 0 Å². The van der Waals surface area contributed by atoms with E-state index in [2.05, 4.69) is 10.3 Å². The minimum absolute atomic E-state index is 0.106. The predicted molar refractivity (Wildman–Crippen MR) is 111 cm³/mol. The molecule has 0 fully saturated rings. The average Bonchev–Trinajstić information content (AvgIpc) is 3.16. The second-order valence-electron chi connectivity index (χ2n) is 6.47. The summed E-state index contributed by atoms with van der Waals surface area (Å²) in [7, 11) is 0. The molecule has 1 amide bonds. The van der Waals surface area contributed by atoms with Crippen molar-refractivity contribution in [2.75, 3.05) is 11.9 Å². The summed E-state index contributed by atoms with van der Waals surface area (Å²) < 4.78 is 15.5. The van der Waals surface area contributed by atoms with Gasteiger partial charge in [-0.15, -0.1) is 0 Å². The van der Waals surface area contributed by atoms with Gasteiger partial charge in [0.15, 0.2) is 0 Å². The Kier molecular flexibility index (Phi) is 5.21. The molecule has 2 N–H and O–H groups in total. The number of H-pyrrole nitrogens is 1. The van der Waals surface area contributed by atoms with Crippen LogP contribution in [0.5, 0.6) is 0 Å². The van der Waals surface area contributed by atoms with Gasteiger partial charge in [0.1, 0.15) is 12.2 Å². The smallest absolute Gasteiger partial charge is 0.411 e. The number of amides is 1. The number of para-hydroxylation sites is 1. The Bertz CT molecular complexity index is 1300. The zero-order valence-corrected chi connectivity index (χ0v) is 16.1. The van der Waals surface area contributed by atoms with Gasteiger partial charge >= 0.3 is 17.7 Å². The molecule has 0 spiro atoms. The van der Waals surface area contributed by atoms with Crippen LogP contribution < -0.4 is 10.9 Å². The third-order valence-corrected chi connectivity index (χ3v) is 4.52. The number of anilines is 1. The van der Waals surface area contributed by atoms with Crippen molar-refractivity contribution >= 4 is 39.6 Å². The lowest BCUT2D eigenvalue weighted by atomic mass is 10.1. The third-order valence-electron chi connectivity index (χ3n) is 4.52. The van der Waals surface area contributed by atoms with E-state index in [-0.39, 0.29) is 18.8 Å². The lowest BCUT2D eigenvalue weighted by Crippen LogP contribution is -2.13. The van der Waals surface area contributed by atoms with E-state index in [1.165, 1.54) is 12.1 Å². The zero-order chi connectivity index (χ0) is 21.1. The molecule has 2 aromatic carbocycles. The van der Waals surface area contributed by atoms with Gasteiger partial charge in [-0.2, -0.15) is 0 Å². The molecule has 8 heteroatoms. The van der Waals surface area contributed by atoms with Crippen LogP contribution in [0.15, 0.2) is 63.9 Å². The first kappa shape index (κ1) is 19.3. The van der Waals surface area contributed by atoms with Crippen molar-refractivity contribution < 1.29 is 23.5 Å². The van der Waals surface area contributed by atoms with Crippen LogP contribution in [0.25, 0.3) is 21.9 Å². The molecule has 4 aromatic rings. The second kappa shape index (κ2) is 8.12. The molecule has 152 valence electrons. The highest BCUT2D eigenvalue weighted by atomic mass is 16.5. The molecule has 0 saturated carbocycles. The maximum Gasteiger partial charge on any atom is 0.411 e. The van der Waals surface area contributed by atoms with Crippen molar-refractivity contribution in [3.8, 4) is 0 Å². The molecule has 0 bridgehead atoms. The van der Waals surface area contributed by atoms with E-state index >= 15 is 0 Å². The minimum atomic E-state index is -0.608. The third kappa shape index (κ3) is 3.88. The Hall–Kier alpha value is -4.07. The zero-order valence-electron chi connectivity index (χ0n) is 16.1. The summed E-state index contributed by atoms with van der Waals surface area (Å²) in [4.78, 5) is 39.1. The van der Waals surface area contributed by atoms with Crippen molar-refractivity contribution in [1.29, 1.82) is 0 Å². The highest BCUT2D eigenvalue weighted by Crippen LogP contribution is 2.23. The van der Waals surface area contributed by atoms with Crippen LogP contribution in [0.4, 0.5) is 10.5 Å². The Balaban J connectivity index is 1.57. The summed E-state index contributed by atoms with van der Waals surface area (Å²) in [5, 5.41) is 3.90. The number of hydrogen-bond acceptors (Lipinski definition) is 6. The van der Waals surface area contributed by atoms with Gasteiger partial charge in [0.25, 0.3) is 0 Å². The number of rotatable bonds is 5. The number of hydrogen-bond donors (Lipinski definition) is 2. The van der Waals surface area contributed by atoms with Gasteiger partial charge in [0.05, 0.1) is 12.2 Å². The summed E-state index contributed by atoms with van der Waals surface area (Å²) in [5.74, 6) is -0.505. The lowest BCUT2D eigenvalue weighted by molar-refractivity contribution is 0.0476. The van der Waals surface area contributed by atoms with Crippen molar-refractivity contribution in [3.63, 3.8) is 0 Å². The number of aromatic nitrogens is 1. The summed E-state index contributed by atoms with van der Waals surface area (Å²) in [5.41, 5.74) is 1.83. The molecule has 0 aliphatic heterocycles. The summed E-state index contributed by atoms with van der Waals surface area (Å²) in [6.07, 6.45) is 0.987. The number of esters is 1. The number of carbonyl (C=O) groups excluding carboxylic acids is 2. The van der Waals surface area contributed by atoms with Gasteiger partial charge in [-0.3, -0.25) is 5.32 Å². The highest BCUT2D eigenvalue weighted by Gasteiger charge is 2.15. The topological polar surface area (TPSA) is 111 Å². The van der Waals surface area contributed by atoms with Gasteiger partial charge in [0.2, 0.25) is 0 Å². The molecule has 0 saturated heterocycles. The van der Waals surface area contributed by atoms with Crippen LogP contribution in [0.1, 0.15) is 22.8 Å². The maximum atomic E-state index is 12.5. The fourth-order valence-electron chi connectivity index (χ4n) is 3.17. The van der Waals surface area contributed by atoms with Gasteiger partial charge in [-0.05, 0) is 25.1 Å². The van der Waals surface area contributed by atoms with E-state index in [1.54, 1.807) is 25.3 Å². The number of fused-ring (bicyclic) bond motifs is 2. The van der Waals surface area contributed by atoms with E-state index in [9.17, 15) is 14.4 Å². The van der Waals surface area contributed by atoms with Crippen LogP contribution in [0.2, 0.25) is 0 Å². The normalized spacial score (nSPS) is 10.8. The largest absolute Gasteiger partial charge is 0.457 e. The molecule has 0 radical (unpaired) electrons. The molecule has 8 nitrogen and oxygen atoms in total. The fourth-order valence-corrected chi connectivity index (χ4v) is 3.17. The van der Waals surface area contributed by atoms with Crippen molar-refractivity contribution in [3.05, 3.63) is 76.3 Å². The Morgan fingerprint density at radius 3 is 2.73 bits per heavy atom. The molecule has 0 unspecified atom stereocenters. The first-order chi connectivity index (χ1) is 14.5. The van der Waals surface area contributed by atoms with Gasteiger partial charge in [-0.25, -0.2) is 14.4 Å². The first-order valence-electron chi connectivity index (χ1n) is 9.29. The van der Waals surface area contributed by atoms with Gasteiger partial charge < -0.3 is 18.9 Å². The number of carbonyl (C=O) groups is 2. The van der Waals surface area contributed by atoms with Crippen molar-refractivity contribution in [2.24, 2.45) is 0 Å². The standard InChI is InChI=1S/C22H18N2O6/c1-2-28-22(27)24-14-7-8-15-13(9-20(25)30-19(15)10-14)12-29-21(26)17-11-23-18-6-4-3-5-16(17)18/h3-11,23H,2,12H2,1H3,(H,24,27). The van der Waals surface area contributed by atoms with E-state index in [0.29, 0.717) is 22.2 Å². The Morgan fingerprint density at radius 2 is 1.90 bits per heavy atom. The Labute approximate surface area is 170 Å². The lowest BCUT2D eigenvalue weighted by Gasteiger charge is -2.09. The Morgan fingerprint density at radius 1 is 1.07 bits per heavy atom. The molecule has 2 aromatic heterocycles. The second-order valence-corrected chi connectivity index (χ2v) is 6.47. The summed E-state index contributed by atoms with van der Waals surface area (Å²) in [6, 6.07) is 13.5. The fraction of sp³-hybridized carbons (Fsp3) is 0.136. The molecule has 0 atom stereocenters. The van der Waals surface area contributed by atoms with Crippen LogP contribution in [-0.2, 0) is 16.1 Å². The van der Waals surface area contributed by atoms with E-state index < -0.39 is 17.7 Å². The highest BCUT2D eigenvalue weighted by molar-refractivity contribution is 6.04. The molecular formula is C22H18N2O6. The number of aromatic amines is 1. The molecule has 0 aliphatic carbocycles. The predicted octanol–water partition coefficient (Wildman–Crippen LogP) is 4.20. The van der Waals surface area contributed by atoms with Crippen molar-refractivity contribution in [2.45, 2.75) is 13.5 Å². The van der Waals surface area contributed by atoms with Crippen LogP contribution in [-0.4, -0.2) is 23.7 Å². The first-order valence-corrected chi connectivity index (χ1v) is 9.29. The average molecular weight is 406 g/mol. The molecule has 30 heavy (non-hydrogen) atoms. The minimum Gasteiger partial charge on any atom is -0.457 e. The van der Waals surface area contributed by atoms with Crippen LogP contribution >= 0.6 is 0 Å². The number of nitrogens with one attached hydrogen (secondary N) is 2. The molecular weight excluding hydrogens is 388 g/mol. The van der Waals surface area contributed by atoms with E-state index in [4.69, 9.17) is 13.9 Å². The summed E-state index contributed by atoms with van der Waals surface area (Å²) >= 11 is 0. The molecule has 2 heterocycles. The van der Waals surface area contributed by atoms with Crippen LogP contribution in [0.3, 0.4) is 0 Å². The molecule has 4 rings (SSSR count). The quantitative estimate of drug-likeness (QED) is 0.380. The maximum absolute atomic E-state index is 12.5. The van der Waals surface area contributed by atoms with Gasteiger partial charge in [-0.1, -0.05) is 18.2 Å². The number of ether oxygens (including phenoxy) is 2. The summed E-state index contributed by atoms with van der Waals surface area (Å²) in [6.45, 7) is 1.83.